The lowest BCUT2D eigenvalue weighted by molar-refractivity contribution is -0.147. The van der Waals surface area contributed by atoms with Gasteiger partial charge in [0.15, 0.2) is 6.61 Å². The first-order valence-corrected chi connectivity index (χ1v) is 9.76. The van der Waals surface area contributed by atoms with Crippen molar-refractivity contribution in [1.82, 2.24) is 5.32 Å². The summed E-state index contributed by atoms with van der Waals surface area (Å²) in [5.74, 6) is -1.18. The molecule has 0 atom stereocenters. The number of nitrogens with two attached hydrogens (primary N) is 1. The van der Waals surface area contributed by atoms with Crippen LogP contribution in [0.1, 0.15) is 43.6 Å². The summed E-state index contributed by atoms with van der Waals surface area (Å²) in [6.07, 6.45) is 0. The maximum absolute atomic E-state index is 12.2. The van der Waals surface area contributed by atoms with Gasteiger partial charge in [-0.1, -0.05) is 17.7 Å². The van der Waals surface area contributed by atoms with Gasteiger partial charge in [0.25, 0.3) is 5.91 Å². The number of thiophene rings is 1. The molecular weight excluding hydrogens is 396 g/mol. The minimum absolute atomic E-state index is 0.0403. The van der Waals surface area contributed by atoms with Crippen LogP contribution in [0.4, 0.5) is 5.00 Å². The Morgan fingerprint density at radius 1 is 1.17 bits per heavy atom. The summed E-state index contributed by atoms with van der Waals surface area (Å²) in [4.78, 5) is 36.7. The number of esters is 2. The molecule has 0 bridgehead atoms. The van der Waals surface area contributed by atoms with E-state index in [0.29, 0.717) is 5.75 Å². The highest BCUT2D eigenvalue weighted by Crippen LogP contribution is 2.32. The van der Waals surface area contributed by atoms with Crippen molar-refractivity contribution in [3.63, 3.8) is 0 Å². The lowest BCUT2D eigenvalue weighted by Crippen LogP contribution is -2.21. The SMILES string of the molecule is CCOC(=O)c1c(N)sc(C(=O)NC)c1COC(=O)COc1ccc(C)cc1C. The van der Waals surface area contributed by atoms with E-state index < -0.39 is 17.8 Å². The number of amides is 1. The van der Waals surface area contributed by atoms with Crippen molar-refractivity contribution in [2.75, 3.05) is 26.0 Å². The highest BCUT2D eigenvalue weighted by molar-refractivity contribution is 7.18. The van der Waals surface area contributed by atoms with Crippen LogP contribution in [0.5, 0.6) is 5.75 Å². The number of ether oxygens (including phenoxy) is 3. The average molecular weight is 420 g/mol. The zero-order valence-corrected chi connectivity index (χ0v) is 17.6. The first-order chi connectivity index (χ1) is 13.8. The molecular formula is C20H24N2O6S. The van der Waals surface area contributed by atoms with E-state index in [4.69, 9.17) is 19.9 Å². The fraction of sp³-hybridized carbons (Fsp3) is 0.350. The lowest BCUT2D eigenvalue weighted by atomic mass is 10.1. The normalized spacial score (nSPS) is 10.3. The minimum atomic E-state index is -0.672. The molecule has 2 aromatic rings. The van der Waals surface area contributed by atoms with Crippen LogP contribution < -0.4 is 15.8 Å². The summed E-state index contributed by atoms with van der Waals surface area (Å²) in [6, 6.07) is 5.60. The summed E-state index contributed by atoms with van der Waals surface area (Å²) in [5.41, 5.74) is 8.14. The topological polar surface area (TPSA) is 117 Å². The van der Waals surface area contributed by atoms with Gasteiger partial charge in [0.05, 0.1) is 6.61 Å². The second-order valence-electron chi connectivity index (χ2n) is 6.17. The van der Waals surface area contributed by atoms with Gasteiger partial charge in [0.2, 0.25) is 0 Å². The third kappa shape index (κ3) is 5.47. The smallest absolute Gasteiger partial charge is 0.344 e. The highest BCUT2D eigenvalue weighted by Gasteiger charge is 2.27. The molecule has 1 aromatic heterocycles. The number of carbonyl (C=O) groups excluding carboxylic acids is 3. The molecule has 156 valence electrons. The van der Waals surface area contributed by atoms with E-state index in [2.05, 4.69) is 5.32 Å². The van der Waals surface area contributed by atoms with E-state index in [1.54, 1.807) is 13.0 Å². The largest absolute Gasteiger partial charge is 0.482 e. The van der Waals surface area contributed by atoms with Crippen LogP contribution in [0.2, 0.25) is 0 Å². The summed E-state index contributed by atoms with van der Waals surface area (Å²) < 4.78 is 15.7. The van der Waals surface area contributed by atoms with E-state index in [9.17, 15) is 14.4 Å². The predicted molar refractivity (Wildman–Crippen MR) is 109 cm³/mol. The molecule has 0 spiro atoms. The first kappa shape index (κ1) is 22.2. The molecule has 0 saturated carbocycles. The molecule has 1 amide bonds. The summed E-state index contributed by atoms with van der Waals surface area (Å²) >= 11 is 0.935. The van der Waals surface area contributed by atoms with Crippen molar-refractivity contribution in [2.24, 2.45) is 0 Å². The van der Waals surface area contributed by atoms with Crippen molar-refractivity contribution in [2.45, 2.75) is 27.4 Å². The number of hydrogen-bond acceptors (Lipinski definition) is 8. The lowest BCUT2D eigenvalue weighted by Gasteiger charge is -2.11. The van der Waals surface area contributed by atoms with Crippen LogP contribution in [-0.2, 0) is 20.9 Å². The van der Waals surface area contributed by atoms with Crippen molar-refractivity contribution >= 4 is 34.2 Å². The number of rotatable bonds is 8. The molecule has 0 unspecified atom stereocenters. The van der Waals surface area contributed by atoms with Crippen molar-refractivity contribution in [3.8, 4) is 5.75 Å². The van der Waals surface area contributed by atoms with Gasteiger partial charge in [-0.25, -0.2) is 9.59 Å². The Morgan fingerprint density at radius 2 is 1.90 bits per heavy atom. The first-order valence-electron chi connectivity index (χ1n) is 8.94. The summed E-state index contributed by atoms with van der Waals surface area (Å²) in [7, 11) is 1.45. The van der Waals surface area contributed by atoms with Gasteiger partial charge in [-0.2, -0.15) is 0 Å². The van der Waals surface area contributed by atoms with Crippen LogP contribution >= 0.6 is 11.3 Å². The van der Waals surface area contributed by atoms with Gasteiger partial charge in [0, 0.05) is 12.6 Å². The number of nitrogen functional groups attached to an aromatic ring is 1. The third-order valence-corrected chi connectivity index (χ3v) is 5.06. The van der Waals surface area contributed by atoms with Crippen molar-refractivity contribution in [3.05, 3.63) is 45.3 Å². The minimum Gasteiger partial charge on any atom is -0.482 e. The van der Waals surface area contributed by atoms with Crippen molar-refractivity contribution < 1.29 is 28.6 Å². The number of hydrogen-bond donors (Lipinski definition) is 2. The number of anilines is 1. The van der Waals surface area contributed by atoms with Gasteiger partial charge >= 0.3 is 11.9 Å². The van der Waals surface area contributed by atoms with Crippen LogP contribution in [-0.4, -0.2) is 38.1 Å². The highest BCUT2D eigenvalue weighted by atomic mass is 32.1. The summed E-state index contributed by atoms with van der Waals surface area (Å²) in [5, 5.41) is 2.60. The zero-order valence-electron chi connectivity index (χ0n) is 16.8. The van der Waals surface area contributed by atoms with Gasteiger partial charge in [-0.15, -0.1) is 11.3 Å². The number of carbonyl (C=O) groups is 3. The Bertz CT molecular complexity index is 922. The van der Waals surface area contributed by atoms with Crippen molar-refractivity contribution in [1.29, 1.82) is 0 Å². The van der Waals surface area contributed by atoms with E-state index >= 15 is 0 Å². The molecule has 1 heterocycles. The van der Waals surface area contributed by atoms with Gasteiger partial charge in [-0.3, -0.25) is 4.79 Å². The molecule has 2 rings (SSSR count). The number of benzene rings is 1. The van der Waals surface area contributed by atoms with Crippen LogP contribution in [0.15, 0.2) is 18.2 Å². The molecule has 29 heavy (non-hydrogen) atoms. The van der Waals surface area contributed by atoms with Crippen LogP contribution in [0.25, 0.3) is 0 Å². The molecule has 0 fully saturated rings. The maximum atomic E-state index is 12.2. The monoisotopic (exact) mass is 420 g/mol. The van der Waals surface area contributed by atoms with E-state index in [0.717, 1.165) is 22.5 Å². The van der Waals surface area contributed by atoms with Crippen LogP contribution in [0, 0.1) is 13.8 Å². The average Bonchev–Trinajstić information content (AvgIpc) is 3.01. The molecule has 0 radical (unpaired) electrons. The maximum Gasteiger partial charge on any atom is 0.344 e. The predicted octanol–water partition coefficient (Wildman–Crippen LogP) is 2.61. The van der Waals surface area contributed by atoms with Crippen LogP contribution in [0.3, 0.4) is 0 Å². The Morgan fingerprint density at radius 3 is 2.52 bits per heavy atom. The fourth-order valence-corrected chi connectivity index (χ4v) is 3.65. The van der Waals surface area contributed by atoms with E-state index in [-0.39, 0.29) is 40.8 Å². The van der Waals surface area contributed by atoms with E-state index in [1.165, 1.54) is 7.05 Å². The van der Waals surface area contributed by atoms with Gasteiger partial charge in [0.1, 0.15) is 27.8 Å². The molecule has 9 heteroatoms. The molecule has 3 N–H and O–H groups in total. The molecule has 0 aliphatic rings. The number of nitrogens with one attached hydrogen (secondary N) is 1. The third-order valence-electron chi connectivity index (χ3n) is 4.00. The summed E-state index contributed by atoms with van der Waals surface area (Å²) in [6.45, 7) is 5.02. The van der Waals surface area contributed by atoms with Gasteiger partial charge in [-0.05, 0) is 32.4 Å². The Balaban J connectivity index is 2.12. The van der Waals surface area contributed by atoms with Gasteiger partial charge < -0.3 is 25.3 Å². The Labute approximate surface area is 172 Å². The zero-order chi connectivity index (χ0) is 21.6. The molecule has 1 aromatic carbocycles. The number of aryl methyl sites for hydroxylation is 2. The second-order valence-corrected chi connectivity index (χ2v) is 7.22. The fourth-order valence-electron chi connectivity index (χ4n) is 2.64. The molecule has 8 nitrogen and oxygen atoms in total. The van der Waals surface area contributed by atoms with E-state index in [1.807, 2.05) is 26.0 Å². The second kappa shape index (κ2) is 9.92. The molecule has 0 aliphatic carbocycles. The standard InChI is InChI=1S/C20H24N2O6S/c1-5-26-20(25)16-13(17(19(24)22-4)29-18(16)21)9-28-15(23)10-27-14-7-6-11(2)8-12(14)3/h6-8H,5,9-10,21H2,1-4H3,(H,22,24). The molecule has 0 aliphatic heterocycles. The molecule has 0 saturated heterocycles. The quantitative estimate of drug-likeness (QED) is 0.630. The Kier molecular flexibility index (Phi) is 7.60. The Hall–Kier alpha value is -3.07.